The quantitative estimate of drug-likeness (QED) is 0.676. The molecule has 0 bridgehead atoms. The molecule has 14 heavy (non-hydrogen) atoms. The van der Waals surface area contributed by atoms with Gasteiger partial charge in [0.1, 0.15) is 0 Å². The SMILES string of the molecule is CS(=O)(=O)O.Cc1cccc(C)c1C. The van der Waals surface area contributed by atoms with Crippen LogP contribution in [0, 0.1) is 20.8 Å². The fraction of sp³-hybridized carbons (Fsp3) is 0.400. The largest absolute Gasteiger partial charge is 0.286 e. The normalized spacial score (nSPS) is 10.4. The van der Waals surface area contributed by atoms with E-state index in [0.29, 0.717) is 6.26 Å². The Morgan fingerprint density at radius 2 is 1.36 bits per heavy atom. The van der Waals surface area contributed by atoms with Gasteiger partial charge in [-0.25, -0.2) is 0 Å². The Hall–Kier alpha value is -0.870. The van der Waals surface area contributed by atoms with E-state index in [4.69, 9.17) is 4.55 Å². The lowest BCUT2D eigenvalue weighted by Crippen LogP contribution is -1.88. The molecule has 80 valence electrons. The van der Waals surface area contributed by atoms with Crippen LogP contribution >= 0.6 is 0 Å². The Morgan fingerprint density at radius 3 is 1.57 bits per heavy atom. The fourth-order valence-corrected chi connectivity index (χ4v) is 0.898. The highest BCUT2D eigenvalue weighted by molar-refractivity contribution is 7.85. The molecular formula is C10H16O3S. The molecule has 1 aromatic rings. The number of rotatable bonds is 0. The fourth-order valence-electron chi connectivity index (χ4n) is 0.898. The molecular weight excluding hydrogens is 200 g/mol. The molecule has 0 aliphatic heterocycles. The van der Waals surface area contributed by atoms with Gasteiger partial charge in [0, 0.05) is 0 Å². The van der Waals surface area contributed by atoms with Crippen LogP contribution in [0.15, 0.2) is 18.2 Å². The van der Waals surface area contributed by atoms with Crippen LogP contribution in [0.25, 0.3) is 0 Å². The van der Waals surface area contributed by atoms with Crippen molar-refractivity contribution in [3.05, 3.63) is 34.9 Å². The van der Waals surface area contributed by atoms with Gasteiger partial charge in [-0.2, -0.15) is 8.42 Å². The average molecular weight is 216 g/mol. The minimum atomic E-state index is -3.67. The summed E-state index contributed by atoms with van der Waals surface area (Å²) in [5, 5.41) is 0. The summed E-state index contributed by atoms with van der Waals surface area (Å²) in [5.41, 5.74) is 4.18. The van der Waals surface area contributed by atoms with E-state index in [0.717, 1.165) is 0 Å². The van der Waals surface area contributed by atoms with Crippen LogP contribution < -0.4 is 0 Å². The molecule has 0 unspecified atom stereocenters. The number of benzene rings is 1. The zero-order chi connectivity index (χ0) is 11.4. The second-order valence-corrected chi connectivity index (χ2v) is 4.72. The molecule has 1 aromatic carbocycles. The van der Waals surface area contributed by atoms with Crippen LogP contribution in [0.3, 0.4) is 0 Å². The summed E-state index contributed by atoms with van der Waals surface area (Å²) in [5.74, 6) is 0. The molecule has 0 radical (unpaired) electrons. The van der Waals surface area contributed by atoms with E-state index >= 15 is 0 Å². The highest BCUT2D eigenvalue weighted by atomic mass is 32.2. The summed E-state index contributed by atoms with van der Waals surface area (Å²) >= 11 is 0. The minimum absolute atomic E-state index is 0.715. The Morgan fingerprint density at radius 1 is 1.07 bits per heavy atom. The maximum Gasteiger partial charge on any atom is 0.261 e. The van der Waals surface area contributed by atoms with Gasteiger partial charge in [0.15, 0.2) is 0 Å². The lowest BCUT2D eigenvalue weighted by Gasteiger charge is -2.00. The third kappa shape index (κ3) is 6.62. The van der Waals surface area contributed by atoms with E-state index in [-0.39, 0.29) is 0 Å². The standard InChI is InChI=1S/C9H12.CH4O3S/c1-7-5-4-6-8(2)9(7)3;1-5(2,3)4/h4-6H,1-3H3;1H3,(H,2,3,4). The first kappa shape index (κ1) is 13.1. The Kier molecular flexibility index (Phi) is 4.80. The zero-order valence-electron chi connectivity index (χ0n) is 8.90. The molecule has 1 rings (SSSR count). The molecule has 3 nitrogen and oxygen atoms in total. The third-order valence-electron chi connectivity index (χ3n) is 1.88. The molecule has 0 aromatic heterocycles. The topological polar surface area (TPSA) is 54.4 Å². The second-order valence-electron chi connectivity index (χ2n) is 3.25. The lowest BCUT2D eigenvalue weighted by atomic mass is 10.1. The van der Waals surface area contributed by atoms with Crippen molar-refractivity contribution >= 4 is 10.1 Å². The molecule has 0 aliphatic carbocycles. The zero-order valence-corrected chi connectivity index (χ0v) is 9.72. The van der Waals surface area contributed by atoms with E-state index in [1.165, 1.54) is 16.7 Å². The predicted molar refractivity (Wildman–Crippen MR) is 58.1 cm³/mol. The molecule has 0 amide bonds. The summed E-state index contributed by atoms with van der Waals surface area (Å²) in [6, 6.07) is 6.38. The summed E-state index contributed by atoms with van der Waals surface area (Å²) < 4.78 is 25.9. The Balaban J connectivity index is 0.000000292. The molecule has 4 heteroatoms. The summed E-state index contributed by atoms with van der Waals surface area (Å²) in [6.45, 7) is 6.44. The van der Waals surface area contributed by atoms with Gasteiger partial charge in [0.2, 0.25) is 0 Å². The van der Waals surface area contributed by atoms with Gasteiger partial charge < -0.3 is 0 Å². The molecule has 0 fully saturated rings. The average Bonchev–Trinajstić information content (AvgIpc) is 1.97. The highest BCUT2D eigenvalue weighted by Gasteiger charge is 1.91. The van der Waals surface area contributed by atoms with Crippen molar-refractivity contribution in [2.45, 2.75) is 20.8 Å². The number of hydrogen-bond acceptors (Lipinski definition) is 2. The highest BCUT2D eigenvalue weighted by Crippen LogP contribution is 2.09. The van der Waals surface area contributed by atoms with E-state index in [9.17, 15) is 8.42 Å². The van der Waals surface area contributed by atoms with Crippen LogP contribution in [0.4, 0.5) is 0 Å². The molecule has 0 saturated heterocycles. The van der Waals surface area contributed by atoms with Crippen molar-refractivity contribution in [3.8, 4) is 0 Å². The summed E-state index contributed by atoms with van der Waals surface area (Å²) in [7, 11) is -3.67. The summed E-state index contributed by atoms with van der Waals surface area (Å²) in [4.78, 5) is 0. The molecule has 1 N–H and O–H groups in total. The second kappa shape index (κ2) is 5.12. The van der Waals surface area contributed by atoms with Gasteiger partial charge in [0.25, 0.3) is 10.1 Å². The van der Waals surface area contributed by atoms with Crippen LogP contribution in [-0.2, 0) is 10.1 Å². The Bertz CT molecular complexity index is 366. The molecule has 0 saturated carbocycles. The monoisotopic (exact) mass is 216 g/mol. The van der Waals surface area contributed by atoms with Gasteiger partial charge in [-0.1, -0.05) is 18.2 Å². The van der Waals surface area contributed by atoms with E-state index in [1.54, 1.807) is 0 Å². The number of hydrogen-bond donors (Lipinski definition) is 1. The van der Waals surface area contributed by atoms with E-state index < -0.39 is 10.1 Å². The smallest absolute Gasteiger partial charge is 0.261 e. The van der Waals surface area contributed by atoms with Gasteiger partial charge in [-0.15, -0.1) is 0 Å². The van der Waals surface area contributed by atoms with Crippen LogP contribution in [-0.4, -0.2) is 19.2 Å². The predicted octanol–water partition coefficient (Wildman–Crippen LogP) is 2.12. The first-order chi connectivity index (χ1) is 6.22. The van der Waals surface area contributed by atoms with Gasteiger partial charge in [-0.05, 0) is 37.5 Å². The van der Waals surface area contributed by atoms with Crippen molar-refractivity contribution in [1.29, 1.82) is 0 Å². The molecule has 0 spiro atoms. The maximum atomic E-state index is 9.19. The maximum absolute atomic E-state index is 9.19. The lowest BCUT2D eigenvalue weighted by molar-refractivity contribution is 0.490. The first-order valence-corrected chi connectivity index (χ1v) is 6.02. The van der Waals surface area contributed by atoms with Gasteiger partial charge in [0.05, 0.1) is 6.26 Å². The number of aryl methyl sites for hydroxylation is 2. The van der Waals surface area contributed by atoms with Gasteiger partial charge >= 0.3 is 0 Å². The first-order valence-electron chi connectivity index (χ1n) is 4.17. The minimum Gasteiger partial charge on any atom is -0.286 e. The molecule has 0 aliphatic rings. The molecule has 0 heterocycles. The van der Waals surface area contributed by atoms with Gasteiger partial charge in [-0.3, -0.25) is 4.55 Å². The van der Waals surface area contributed by atoms with Crippen LogP contribution in [0.5, 0.6) is 0 Å². The van der Waals surface area contributed by atoms with Crippen molar-refractivity contribution < 1.29 is 13.0 Å². The van der Waals surface area contributed by atoms with Crippen molar-refractivity contribution in [2.75, 3.05) is 6.26 Å². The van der Waals surface area contributed by atoms with E-state index in [2.05, 4.69) is 39.0 Å². The van der Waals surface area contributed by atoms with Crippen molar-refractivity contribution in [3.63, 3.8) is 0 Å². The molecule has 0 atom stereocenters. The van der Waals surface area contributed by atoms with Crippen LogP contribution in [0.1, 0.15) is 16.7 Å². The van der Waals surface area contributed by atoms with Crippen molar-refractivity contribution in [2.24, 2.45) is 0 Å². The third-order valence-corrected chi connectivity index (χ3v) is 1.88. The van der Waals surface area contributed by atoms with Crippen LogP contribution in [0.2, 0.25) is 0 Å². The Labute approximate surface area is 85.5 Å². The van der Waals surface area contributed by atoms with E-state index in [1.807, 2.05) is 0 Å². The van der Waals surface area contributed by atoms with Crippen molar-refractivity contribution in [1.82, 2.24) is 0 Å². The summed E-state index contributed by atoms with van der Waals surface area (Å²) in [6.07, 6.45) is 0.715.